The molecule has 0 amide bonds. The van der Waals surface area contributed by atoms with Crippen molar-refractivity contribution >= 4 is 16.3 Å². The molecule has 0 aliphatic rings. The molecule has 0 fully saturated rings. The fraction of sp³-hybridized carbons (Fsp3) is 0.583. The molecule has 0 saturated carbocycles. The number of thiazole rings is 1. The molecule has 0 radical (unpaired) electrons. The van der Waals surface area contributed by atoms with E-state index in [1.807, 2.05) is 49.9 Å². The Balaban J connectivity index is 2.06. The molecule has 94 valence electrons. The highest BCUT2D eigenvalue weighted by Gasteiger charge is 2.34. The van der Waals surface area contributed by atoms with E-state index in [1.54, 1.807) is 11.3 Å². The topological polar surface area (TPSA) is 49.6 Å². The molecule has 5 heteroatoms. The van der Waals surface area contributed by atoms with Crippen molar-refractivity contribution in [2.24, 2.45) is 0 Å². The molecule has 0 spiro atoms. The average Bonchev–Trinajstić information content (AvgIpc) is 2.71. The second-order valence-corrected chi connectivity index (χ2v) is 6.24. The zero-order valence-corrected chi connectivity index (χ0v) is 11.5. The quantitative estimate of drug-likeness (QED) is 0.876. The molecule has 0 bridgehead atoms. The predicted octanol–water partition coefficient (Wildman–Crippen LogP) is 2.03. The van der Waals surface area contributed by atoms with Crippen LogP contribution in [0.15, 0.2) is 17.8 Å². The van der Waals surface area contributed by atoms with Crippen LogP contribution < -0.4 is 5.32 Å². The van der Waals surface area contributed by atoms with Gasteiger partial charge in [-0.1, -0.05) is 0 Å². The molecule has 0 atom stereocenters. The van der Waals surface area contributed by atoms with Gasteiger partial charge in [0, 0.05) is 29.9 Å². The number of aliphatic hydroxyl groups is 1. The van der Waals surface area contributed by atoms with Crippen molar-refractivity contribution < 1.29 is 5.11 Å². The summed E-state index contributed by atoms with van der Waals surface area (Å²) in [5.41, 5.74) is -0.136. The zero-order valence-electron chi connectivity index (χ0n) is 10.7. The van der Waals surface area contributed by atoms with Crippen LogP contribution in [0, 0.1) is 0 Å². The van der Waals surface area contributed by atoms with E-state index in [4.69, 9.17) is 0 Å². The van der Waals surface area contributed by atoms with Crippen LogP contribution in [0.2, 0.25) is 0 Å². The summed E-state index contributed by atoms with van der Waals surface area (Å²) in [6.45, 7) is 8.26. The van der Waals surface area contributed by atoms with Gasteiger partial charge < -0.3 is 10.4 Å². The summed E-state index contributed by atoms with van der Waals surface area (Å²) < 4.78 is 2.01. The van der Waals surface area contributed by atoms with E-state index in [0.29, 0.717) is 6.54 Å². The van der Waals surface area contributed by atoms with Crippen LogP contribution in [-0.4, -0.2) is 25.6 Å². The predicted molar refractivity (Wildman–Crippen MR) is 70.3 cm³/mol. The third-order valence-corrected chi connectivity index (χ3v) is 4.15. The minimum Gasteiger partial charge on any atom is -0.389 e. The van der Waals surface area contributed by atoms with Crippen molar-refractivity contribution in [3.8, 4) is 0 Å². The highest BCUT2D eigenvalue weighted by Crippen LogP contribution is 2.21. The first-order valence-electron chi connectivity index (χ1n) is 5.68. The van der Waals surface area contributed by atoms with Gasteiger partial charge in [-0.15, -0.1) is 11.3 Å². The lowest BCUT2D eigenvalue weighted by Crippen LogP contribution is -2.55. The summed E-state index contributed by atoms with van der Waals surface area (Å²) in [7, 11) is 0. The van der Waals surface area contributed by atoms with Gasteiger partial charge in [0.1, 0.15) is 0 Å². The Morgan fingerprint density at radius 2 is 2.12 bits per heavy atom. The number of hydrogen-bond donors (Lipinski definition) is 2. The van der Waals surface area contributed by atoms with Gasteiger partial charge in [-0.25, -0.2) is 4.98 Å². The van der Waals surface area contributed by atoms with Crippen molar-refractivity contribution in [3.05, 3.63) is 23.5 Å². The zero-order chi connectivity index (χ0) is 12.7. The van der Waals surface area contributed by atoms with E-state index >= 15 is 0 Å². The normalized spacial score (nSPS) is 13.5. The van der Waals surface area contributed by atoms with Crippen molar-refractivity contribution in [3.63, 3.8) is 0 Å². The minimum absolute atomic E-state index is 0.357. The summed E-state index contributed by atoms with van der Waals surface area (Å²) in [4.78, 5) is 5.50. The molecule has 0 aromatic carbocycles. The Morgan fingerprint density at radius 3 is 2.71 bits per heavy atom. The molecule has 2 aromatic heterocycles. The molecular formula is C12H19N3OS. The maximum Gasteiger partial charge on any atom is 0.193 e. The van der Waals surface area contributed by atoms with Crippen molar-refractivity contribution in [2.75, 3.05) is 0 Å². The van der Waals surface area contributed by atoms with Crippen LogP contribution in [0.3, 0.4) is 0 Å². The number of fused-ring (bicyclic) bond motifs is 1. The Labute approximate surface area is 105 Å². The fourth-order valence-corrected chi connectivity index (χ4v) is 2.11. The Kier molecular flexibility index (Phi) is 3.01. The van der Waals surface area contributed by atoms with Gasteiger partial charge in [-0.05, 0) is 27.7 Å². The van der Waals surface area contributed by atoms with Crippen LogP contribution in [0.5, 0.6) is 0 Å². The SMILES string of the molecule is CC(C)(O)C(C)(C)NCc1cn2ccsc2n1. The van der Waals surface area contributed by atoms with Gasteiger partial charge in [0.2, 0.25) is 0 Å². The third kappa shape index (κ3) is 2.51. The fourth-order valence-electron chi connectivity index (χ4n) is 1.39. The lowest BCUT2D eigenvalue weighted by atomic mass is 9.86. The van der Waals surface area contributed by atoms with Crippen molar-refractivity contribution in [1.82, 2.24) is 14.7 Å². The number of nitrogens with one attached hydrogen (secondary N) is 1. The van der Waals surface area contributed by atoms with E-state index < -0.39 is 5.60 Å². The number of imidazole rings is 1. The van der Waals surface area contributed by atoms with Crippen molar-refractivity contribution in [2.45, 2.75) is 45.4 Å². The Hall–Kier alpha value is -0.910. The van der Waals surface area contributed by atoms with Gasteiger partial charge in [0.25, 0.3) is 0 Å². The first kappa shape index (κ1) is 12.5. The number of hydrogen-bond acceptors (Lipinski definition) is 4. The average molecular weight is 253 g/mol. The van der Waals surface area contributed by atoms with E-state index in [9.17, 15) is 5.11 Å². The second kappa shape index (κ2) is 4.08. The molecule has 17 heavy (non-hydrogen) atoms. The van der Waals surface area contributed by atoms with Crippen LogP contribution in [0.4, 0.5) is 0 Å². The molecule has 2 aromatic rings. The second-order valence-electron chi connectivity index (χ2n) is 5.36. The Morgan fingerprint density at radius 1 is 1.41 bits per heavy atom. The number of rotatable bonds is 4. The van der Waals surface area contributed by atoms with Gasteiger partial charge in [0.05, 0.1) is 11.3 Å². The minimum atomic E-state index is -0.774. The molecule has 2 N–H and O–H groups in total. The highest BCUT2D eigenvalue weighted by atomic mass is 32.1. The molecule has 2 heterocycles. The summed E-state index contributed by atoms with van der Waals surface area (Å²) in [6, 6.07) is 0. The first-order valence-corrected chi connectivity index (χ1v) is 6.56. The summed E-state index contributed by atoms with van der Waals surface area (Å²) in [5.74, 6) is 0. The maximum absolute atomic E-state index is 10.0. The molecule has 0 aliphatic heterocycles. The molecule has 0 aliphatic carbocycles. The van der Waals surface area contributed by atoms with Crippen LogP contribution in [0.25, 0.3) is 4.96 Å². The summed E-state index contributed by atoms with van der Waals surface area (Å²) in [5, 5.41) is 15.4. The molecule has 4 nitrogen and oxygen atoms in total. The van der Waals surface area contributed by atoms with Crippen molar-refractivity contribution in [1.29, 1.82) is 0 Å². The maximum atomic E-state index is 10.0. The molecular weight excluding hydrogens is 234 g/mol. The van der Waals surface area contributed by atoms with Crippen LogP contribution in [-0.2, 0) is 6.54 Å². The number of nitrogens with zero attached hydrogens (tertiary/aromatic N) is 2. The molecule has 2 rings (SSSR count). The van der Waals surface area contributed by atoms with Gasteiger partial charge in [-0.3, -0.25) is 4.40 Å². The number of aromatic nitrogens is 2. The summed E-state index contributed by atoms with van der Waals surface area (Å²) in [6.07, 6.45) is 4.01. The largest absolute Gasteiger partial charge is 0.389 e. The van der Waals surface area contributed by atoms with E-state index in [1.165, 1.54) is 0 Å². The monoisotopic (exact) mass is 253 g/mol. The van der Waals surface area contributed by atoms with E-state index in [2.05, 4.69) is 10.3 Å². The molecule has 0 saturated heterocycles. The Bertz CT molecular complexity index is 479. The standard InChI is InChI=1S/C12H19N3OS/c1-11(2,12(3,4)16)13-7-9-8-15-5-6-17-10(15)14-9/h5-6,8,13,16H,7H2,1-4H3. The van der Waals surface area contributed by atoms with E-state index in [0.717, 1.165) is 10.7 Å². The van der Waals surface area contributed by atoms with E-state index in [-0.39, 0.29) is 5.54 Å². The lowest BCUT2D eigenvalue weighted by Gasteiger charge is -2.38. The summed E-state index contributed by atoms with van der Waals surface area (Å²) >= 11 is 1.62. The smallest absolute Gasteiger partial charge is 0.193 e. The lowest BCUT2D eigenvalue weighted by molar-refractivity contribution is -0.00543. The van der Waals surface area contributed by atoms with Crippen LogP contribution >= 0.6 is 11.3 Å². The first-order chi connectivity index (χ1) is 7.79. The molecule has 0 unspecified atom stereocenters. The van der Waals surface area contributed by atoms with Gasteiger partial charge in [0.15, 0.2) is 4.96 Å². The van der Waals surface area contributed by atoms with Gasteiger partial charge >= 0.3 is 0 Å². The highest BCUT2D eigenvalue weighted by molar-refractivity contribution is 7.15. The van der Waals surface area contributed by atoms with Gasteiger partial charge in [-0.2, -0.15) is 0 Å². The van der Waals surface area contributed by atoms with Crippen LogP contribution in [0.1, 0.15) is 33.4 Å². The third-order valence-electron chi connectivity index (χ3n) is 3.38.